The third kappa shape index (κ3) is 4.34. The highest BCUT2D eigenvalue weighted by atomic mass is 16.5. The van der Waals surface area contributed by atoms with E-state index in [4.69, 9.17) is 9.47 Å². The highest BCUT2D eigenvalue weighted by molar-refractivity contribution is 5.76. The average Bonchev–Trinajstić information content (AvgIpc) is 2.50. The van der Waals surface area contributed by atoms with E-state index < -0.39 is 0 Å². The van der Waals surface area contributed by atoms with Gasteiger partial charge in [0.15, 0.2) is 11.5 Å². The topological polar surface area (TPSA) is 71.0 Å². The Kier molecular flexibility index (Phi) is 5.41. The third-order valence-corrected chi connectivity index (χ3v) is 3.50. The molecule has 0 spiro atoms. The van der Waals surface area contributed by atoms with Crippen LogP contribution in [0.25, 0.3) is 0 Å². The summed E-state index contributed by atoms with van der Waals surface area (Å²) in [5.41, 5.74) is 0.906. The zero-order valence-electron chi connectivity index (χ0n) is 12.5. The zero-order chi connectivity index (χ0) is 15.2. The molecule has 2 rings (SSSR count). The highest BCUT2D eigenvalue weighted by Crippen LogP contribution is 2.26. The Bertz CT molecular complexity index is 487. The van der Waals surface area contributed by atoms with Crippen molar-refractivity contribution in [2.45, 2.75) is 19.1 Å². The molecule has 1 aromatic carbocycles. The smallest absolute Gasteiger partial charge is 0.225 e. The quantitative estimate of drug-likeness (QED) is 0.838. The number of nitrogens with zero attached hydrogens (tertiary/aromatic N) is 1. The second kappa shape index (κ2) is 7.28. The molecule has 0 aromatic heterocycles. The Labute approximate surface area is 124 Å². The van der Waals surface area contributed by atoms with E-state index in [0.29, 0.717) is 31.9 Å². The van der Waals surface area contributed by atoms with Crippen LogP contribution < -0.4 is 10.1 Å². The number of aromatic hydroxyl groups is 1. The summed E-state index contributed by atoms with van der Waals surface area (Å²) in [6.45, 7) is 2.67. The number of phenols is 1. The fourth-order valence-electron chi connectivity index (χ4n) is 2.28. The molecule has 1 aromatic rings. The number of phenolic OH excluding ortho intramolecular Hbond substituents is 1. The van der Waals surface area contributed by atoms with Crippen molar-refractivity contribution >= 4 is 5.91 Å². The summed E-state index contributed by atoms with van der Waals surface area (Å²) in [7, 11) is 3.26. The molecule has 0 saturated carbocycles. The summed E-state index contributed by atoms with van der Waals surface area (Å²) in [6.07, 6.45) is 0.321. The van der Waals surface area contributed by atoms with E-state index >= 15 is 0 Å². The minimum Gasteiger partial charge on any atom is -0.504 e. The predicted molar refractivity (Wildman–Crippen MR) is 78.4 cm³/mol. The van der Waals surface area contributed by atoms with Gasteiger partial charge in [-0.25, -0.2) is 0 Å². The second-order valence-corrected chi connectivity index (χ2v) is 5.16. The average molecular weight is 294 g/mol. The summed E-state index contributed by atoms with van der Waals surface area (Å²) < 4.78 is 10.6. The van der Waals surface area contributed by atoms with Gasteiger partial charge < -0.3 is 24.8 Å². The number of benzene rings is 1. The molecule has 6 heteroatoms. The maximum Gasteiger partial charge on any atom is 0.225 e. The lowest BCUT2D eigenvalue weighted by Gasteiger charge is -2.25. The zero-order valence-corrected chi connectivity index (χ0v) is 12.5. The first-order valence-corrected chi connectivity index (χ1v) is 7.02. The van der Waals surface area contributed by atoms with Crippen molar-refractivity contribution in [1.29, 1.82) is 0 Å². The van der Waals surface area contributed by atoms with E-state index in [2.05, 4.69) is 5.32 Å². The van der Waals surface area contributed by atoms with Crippen molar-refractivity contribution in [2.75, 3.05) is 33.9 Å². The molecule has 21 heavy (non-hydrogen) atoms. The molecule has 1 saturated heterocycles. The number of ether oxygens (including phenoxy) is 2. The normalized spacial score (nSPS) is 18.3. The third-order valence-electron chi connectivity index (χ3n) is 3.50. The fourth-order valence-corrected chi connectivity index (χ4v) is 2.28. The van der Waals surface area contributed by atoms with E-state index in [1.54, 1.807) is 30.1 Å². The number of morpholine rings is 1. The van der Waals surface area contributed by atoms with Crippen molar-refractivity contribution in [3.05, 3.63) is 23.8 Å². The first-order chi connectivity index (χ1) is 10.1. The van der Waals surface area contributed by atoms with E-state index in [9.17, 15) is 9.90 Å². The van der Waals surface area contributed by atoms with Crippen LogP contribution in [-0.4, -0.2) is 55.9 Å². The number of nitrogens with one attached hydrogen (secondary N) is 1. The fraction of sp³-hybridized carbons (Fsp3) is 0.533. The molecule has 6 nitrogen and oxygen atoms in total. The molecule has 1 unspecified atom stereocenters. The van der Waals surface area contributed by atoms with E-state index in [0.717, 1.165) is 12.1 Å². The molecule has 0 radical (unpaired) electrons. The summed E-state index contributed by atoms with van der Waals surface area (Å²) in [5.74, 6) is 0.542. The van der Waals surface area contributed by atoms with Gasteiger partial charge in [-0.05, 0) is 17.7 Å². The van der Waals surface area contributed by atoms with Crippen molar-refractivity contribution < 1.29 is 19.4 Å². The number of carbonyl (C=O) groups excluding carboxylic acids is 1. The van der Waals surface area contributed by atoms with Crippen molar-refractivity contribution in [2.24, 2.45) is 0 Å². The molecular formula is C15H22N2O4. The van der Waals surface area contributed by atoms with Crippen molar-refractivity contribution in [3.8, 4) is 11.5 Å². The standard InChI is InChI=1S/C15H22N2O4/c1-17(15(19)8-12-9-16-5-6-21-12)10-11-3-4-13(18)14(7-11)20-2/h3-4,7,12,16,18H,5-6,8-10H2,1-2H3. The monoisotopic (exact) mass is 294 g/mol. The molecule has 1 aliphatic rings. The number of hydrogen-bond donors (Lipinski definition) is 2. The molecule has 2 N–H and O–H groups in total. The van der Waals surface area contributed by atoms with Gasteiger partial charge in [0.1, 0.15) is 0 Å². The molecule has 1 aliphatic heterocycles. The predicted octanol–water partition coefficient (Wildman–Crippen LogP) is 0.738. The summed E-state index contributed by atoms with van der Waals surface area (Å²) in [6, 6.07) is 5.08. The molecule has 1 heterocycles. The Hall–Kier alpha value is -1.79. The van der Waals surface area contributed by atoms with Crippen LogP contribution in [0.15, 0.2) is 18.2 Å². The van der Waals surface area contributed by atoms with Gasteiger partial charge in [0.2, 0.25) is 5.91 Å². The SMILES string of the molecule is COc1cc(CN(C)C(=O)CC2CNCCO2)ccc1O. The Morgan fingerprint density at radius 2 is 2.38 bits per heavy atom. The molecule has 0 bridgehead atoms. The van der Waals surface area contributed by atoms with Gasteiger partial charge in [0, 0.05) is 26.7 Å². The minimum absolute atomic E-state index is 0.0377. The number of rotatable bonds is 5. The molecule has 1 atom stereocenters. The van der Waals surface area contributed by atoms with Crippen LogP contribution in [0.3, 0.4) is 0 Å². The maximum atomic E-state index is 12.2. The molecule has 1 amide bonds. The maximum absolute atomic E-state index is 12.2. The second-order valence-electron chi connectivity index (χ2n) is 5.16. The molecule has 116 valence electrons. The number of hydrogen-bond acceptors (Lipinski definition) is 5. The number of amides is 1. The van der Waals surface area contributed by atoms with Gasteiger partial charge in [-0.1, -0.05) is 6.07 Å². The summed E-state index contributed by atoms with van der Waals surface area (Å²) in [5, 5.41) is 12.8. The van der Waals surface area contributed by atoms with Crippen molar-refractivity contribution in [3.63, 3.8) is 0 Å². The van der Waals surface area contributed by atoms with E-state index in [1.165, 1.54) is 7.11 Å². The van der Waals surface area contributed by atoms with Gasteiger partial charge in [-0.3, -0.25) is 4.79 Å². The van der Waals surface area contributed by atoms with Gasteiger partial charge in [-0.2, -0.15) is 0 Å². The van der Waals surface area contributed by atoms with Crippen LogP contribution in [0.1, 0.15) is 12.0 Å². The van der Waals surface area contributed by atoms with Gasteiger partial charge >= 0.3 is 0 Å². The summed E-state index contributed by atoms with van der Waals surface area (Å²) >= 11 is 0. The summed E-state index contributed by atoms with van der Waals surface area (Å²) in [4.78, 5) is 13.8. The lowest BCUT2D eigenvalue weighted by atomic mass is 10.1. The molecular weight excluding hydrogens is 272 g/mol. The lowest BCUT2D eigenvalue weighted by Crippen LogP contribution is -2.41. The van der Waals surface area contributed by atoms with E-state index in [-0.39, 0.29) is 17.8 Å². The van der Waals surface area contributed by atoms with Gasteiger partial charge in [-0.15, -0.1) is 0 Å². The Balaban J connectivity index is 1.90. The van der Waals surface area contributed by atoms with Gasteiger partial charge in [0.05, 0.1) is 26.2 Å². The first-order valence-electron chi connectivity index (χ1n) is 7.02. The number of carbonyl (C=O) groups is 1. The number of methoxy groups -OCH3 is 1. The van der Waals surface area contributed by atoms with Crippen LogP contribution in [0, 0.1) is 0 Å². The van der Waals surface area contributed by atoms with Crippen LogP contribution >= 0.6 is 0 Å². The molecule has 1 fully saturated rings. The Morgan fingerprint density at radius 3 is 3.05 bits per heavy atom. The first kappa shape index (κ1) is 15.6. The largest absolute Gasteiger partial charge is 0.504 e. The van der Waals surface area contributed by atoms with E-state index in [1.807, 2.05) is 0 Å². The van der Waals surface area contributed by atoms with Crippen LogP contribution in [0.5, 0.6) is 11.5 Å². The van der Waals surface area contributed by atoms with Crippen LogP contribution in [0.4, 0.5) is 0 Å². The highest BCUT2D eigenvalue weighted by Gasteiger charge is 2.20. The lowest BCUT2D eigenvalue weighted by molar-refractivity contribution is -0.133. The van der Waals surface area contributed by atoms with Gasteiger partial charge in [0.25, 0.3) is 0 Å². The van der Waals surface area contributed by atoms with Crippen LogP contribution in [-0.2, 0) is 16.1 Å². The van der Waals surface area contributed by atoms with Crippen LogP contribution in [0.2, 0.25) is 0 Å². The minimum atomic E-state index is -0.0527. The van der Waals surface area contributed by atoms with Crippen molar-refractivity contribution in [1.82, 2.24) is 10.2 Å². The molecule has 0 aliphatic carbocycles. The Morgan fingerprint density at radius 1 is 1.57 bits per heavy atom.